The van der Waals surface area contributed by atoms with Gasteiger partial charge in [0.25, 0.3) is 5.91 Å². The van der Waals surface area contributed by atoms with Crippen molar-refractivity contribution in [1.29, 1.82) is 5.26 Å². The van der Waals surface area contributed by atoms with Crippen LogP contribution in [0.15, 0.2) is 42.5 Å². The molecule has 5 rings (SSSR count). The maximum Gasteiger partial charge on any atom is 0.251 e. The number of Topliss-reactive ketones (excluding diaryl/α,β-unsaturated/α-hetero) is 1. The van der Waals surface area contributed by atoms with Gasteiger partial charge >= 0.3 is 0 Å². The molecule has 8 heteroatoms. The molecule has 0 aromatic heterocycles. The number of rotatable bonds is 8. The summed E-state index contributed by atoms with van der Waals surface area (Å²) in [6.45, 7) is 7.04. The van der Waals surface area contributed by atoms with E-state index in [1.165, 1.54) is 6.42 Å². The van der Waals surface area contributed by atoms with Gasteiger partial charge in [-0.05, 0) is 73.7 Å². The summed E-state index contributed by atoms with van der Waals surface area (Å²) < 4.78 is 11.2. The molecule has 1 amide bonds. The van der Waals surface area contributed by atoms with Crippen LogP contribution in [0.5, 0.6) is 11.5 Å². The number of benzene rings is 2. The Bertz CT molecular complexity index is 1130. The van der Waals surface area contributed by atoms with E-state index in [2.05, 4.69) is 21.2 Å². The van der Waals surface area contributed by atoms with Gasteiger partial charge in [0, 0.05) is 43.9 Å². The van der Waals surface area contributed by atoms with Crippen LogP contribution in [0, 0.1) is 23.2 Å². The summed E-state index contributed by atoms with van der Waals surface area (Å²) in [6, 6.07) is 14.2. The number of amides is 1. The Balaban J connectivity index is 1.05. The van der Waals surface area contributed by atoms with Crippen LogP contribution in [0.25, 0.3) is 0 Å². The molecule has 1 N–H and O–H groups in total. The van der Waals surface area contributed by atoms with E-state index in [9.17, 15) is 9.59 Å². The van der Waals surface area contributed by atoms with Gasteiger partial charge in [0.15, 0.2) is 17.3 Å². The van der Waals surface area contributed by atoms with Gasteiger partial charge < -0.3 is 19.7 Å². The van der Waals surface area contributed by atoms with E-state index >= 15 is 0 Å². The number of piperidine rings is 2. The predicted octanol–water partition coefficient (Wildman–Crippen LogP) is 2.59. The fourth-order valence-corrected chi connectivity index (χ4v) is 5.62. The van der Waals surface area contributed by atoms with Gasteiger partial charge in [0.1, 0.15) is 13.2 Å². The minimum absolute atomic E-state index is 0.103. The van der Waals surface area contributed by atoms with Crippen LogP contribution in [-0.4, -0.2) is 80.5 Å². The molecule has 2 aromatic carbocycles. The Morgan fingerprint density at radius 2 is 1.58 bits per heavy atom. The number of carbonyl (C=O) groups is 2. The van der Waals surface area contributed by atoms with Crippen molar-refractivity contribution in [2.75, 3.05) is 59.0 Å². The second-order valence-corrected chi connectivity index (χ2v) is 10.0. The minimum Gasteiger partial charge on any atom is -0.486 e. The van der Waals surface area contributed by atoms with Crippen LogP contribution in [0.1, 0.15) is 39.1 Å². The summed E-state index contributed by atoms with van der Waals surface area (Å²) in [7, 11) is 0. The van der Waals surface area contributed by atoms with Crippen LogP contribution in [0.3, 0.4) is 0 Å². The third kappa shape index (κ3) is 5.86. The topological polar surface area (TPSA) is 94.9 Å². The van der Waals surface area contributed by atoms with Crippen molar-refractivity contribution in [3.8, 4) is 17.6 Å². The number of hydrogen-bond donors (Lipinski definition) is 1. The average molecular weight is 489 g/mol. The lowest BCUT2D eigenvalue weighted by Gasteiger charge is -2.45. The van der Waals surface area contributed by atoms with Crippen LogP contribution < -0.4 is 14.8 Å². The molecule has 0 saturated carbocycles. The Labute approximate surface area is 211 Å². The molecule has 0 spiro atoms. The van der Waals surface area contributed by atoms with Gasteiger partial charge in [0.2, 0.25) is 0 Å². The first-order valence-corrected chi connectivity index (χ1v) is 12.7. The van der Waals surface area contributed by atoms with Crippen LogP contribution in [-0.2, 0) is 0 Å². The summed E-state index contributed by atoms with van der Waals surface area (Å²) in [4.78, 5) is 30.1. The second kappa shape index (κ2) is 11.1. The Morgan fingerprint density at radius 3 is 2.31 bits per heavy atom. The number of fused-ring (bicyclic) bond motifs is 3. The molecule has 3 aliphatic heterocycles. The highest BCUT2D eigenvalue weighted by Gasteiger charge is 2.34. The van der Waals surface area contributed by atoms with E-state index in [1.54, 1.807) is 24.3 Å². The van der Waals surface area contributed by atoms with E-state index < -0.39 is 0 Å². The standard InChI is InChI=1S/C28H32N4O4/c29-14-20-2-4-23(5-3-20)28(34)30-8-1-9-31-15-21-12-22(16-31)18-32(17-21)19-25(33)24-6-7-26-27(13-24)36-11-10-35-26/h2-7,13,21-22H,1,8-12,15-19H2,(H,30,34). The number of nitrogens with one attached hydrogen (secondary N) is 1. The maximum atomic E-state index is 12.9. The summed E-state index contributed by atoms with van der Waals surface area (Å²) in [6.07, 6.45) is 2.12. The Morgan fingerprint density at radius 1 is 0.917 bits per heavy atom. The highest BCUT2D eigenvalue weighted by molar-refractivity contribution is 5.98. The summed E-state index contributed by atoms with van der Waals surface area (Å²) in [5.41, 5.74) is 1.81. The maximum absolute atomic E-state index is 12.9. The van der Waals surface area contributed by atoms with E-state index in [0.29, 0.717) is 66.3 Å². The SMILES string of the molecule is N#Cc1ccc(C(=O)NCCCN2CC3CC(C2)CN(CC(=O)c2ccc4c(c2)OCCO4)C3)cc1. The van der Waals surface area contributed by atoms with E-state index in [-0.39, 0.29) is 11.7 Å². The van der Waals surface area contributed by atoms with E-state index in [0.717, 1.165) is 39.1 Å². The van der Waals surface area contributed by atoms with Gasteiger partial charge in [-0.3, -0.25) is 14.5 Å². The molecule has 188 valence electrons. The smallest absolute Gasteiger partial charge is 0.251 e. The van der Waals surface area contributed by atoms with Crippen LogP contribution in [0.2, 0.25) is 0 Å². The number of hydrogen-bond acceptors (Lipinski definition) is 7. The van der Waals surface area contributed by atoms with Crippen molar-refractivity contribution in [3.05, 3.63) is 59.2 Å². The van der Waals surface area contributed by atoms with Crippen molar-refractivity contribution in [1.82, 2.24) is 15.1 Å². The molecule has 2 fully saturated rings. The third-order valence-corrected chi connectivity index (χ3v) is 7.18. The number of nitriles is 1. The first-order valence-electron chi connectivity index (χ1n) is 12.7. The van der Waals surface area contributed by atoms with Gasteiger partial charge in [0.05, 0.1) is 18.2 Å². The van der Waals surface area contributed by atoms with Crippen LogP contribution >= 0.6 is 0 Å². The number of nitrogens with zero attached hydrogens (tertiary/aromatic N) is 3. The molecule has 2 saturated heterocycles. The summed E-state index contributed by atoms with van der Waals surface area (Å²) in [5, 5.41) is 11.9. The molecule has 36 heavy (non-hydrogen) atoms. The van der Waals surface area contributed by atoms with Gasteiger partial charge in [-0.1, -0.05) is 0 Å². The Hall–Kier alpha value is -3.41. The van der Waals surface area contributed by atoms with Crippen molar-refractivity contribution in [3.63, 3.8) is 0 Å². The first kappa shape index (κ1) is 24.3. The lowest BCUT2D eigenvalue weighted by molar-refractivity contribution is 0.0308. The van der Waals surface area contributed by atoms with Crippen molar-refractivity contribution in [2.24, 2.45) is 11.8 Å². The zero-order chi connectivity index (χ0) is 24.9. The van der Waals surface area contributed by atoms with Crippen molar-refractivity contribution < 1.29 is 19.1 Å². The number of likely N-dealkylation sites (tertiary alicyclic amines) is 2. The van der Waals surface area contributed by atoms with Crippen LogP contribution in [0.4, 0.5) is 0 Å². The fourth-order valence-electron chi connectivity index (χ4n) is 5.62. The molecule has 2 bridgehead atoms. The number of ether oxygens (including phenoxy) is 2. The lowest BCUT2D eigenvalue weighted by atomic mass is 9.84. The highest BCUT2D eigenvalue weighted by atomic mass is 16.6. The number of ketones is 1. The third-order valence-electron chi connectivity index (χ3n) is 7.18. The minimum atomic E-state index is -0.103. The second-order valence-electron chi connectivity index (χ2n) is 10.0. The highest BCUT2D eigenvalue weighted by Crippen LogP contribution is 2.32. The summed E-state index contributed by atoms with van der Waals surface area (Å²) >= 11 is 0. The Kier molecular flexibility index (Phi) is 7.49. The zero-order valence-corrected chi connectivity index (χ0v) is 20.4. The quantitative estimate of drug-likeness (QED) is 0.451. The molecule has 8 nitrogen and oxygen atoms in total. The molecule has 3 aliphatic rings. The first-order chi connectivity index (χ1) is 17.6. The van der Waals surface area contributed by atoms with Crippen molar-refractivity contribution in [2.45, 2.75) is 12.8 Å². The lowest BCUT2D eigenvalue weighted by Crippen LogP contribution is -2.53. The molecule has 3 heterocycles. The van der Waals surface area contributed by atoms with Gasteiger partial charge in [-0.2, -0.15) is 5.26 Å². The monoisotopic (exact) mass is 488 g/mol. The largest absolute Gasteiger partial charge is 0.486 e. The van der Waals surface area contributed by atoms with Crippen molar-refractivity contribution >= 4 is 11.7 Å². The predicted molar refractivity (Wildman–Crippen MR) is 134 cm³/mol. The fraction of sp³-hybridized carbons (Fsp3) is 0.464. The molecule has 2 unspecified atom stereocenters. The normalized spacial score (nSPS) is 21.4. The number of carbonyl (C=O) groups excluding carboxylic acids is 2. The van der Waals surface area contributed by atoms with Gasteiger partial charge in [-0.15, -0.1) is 0 Å². The van der Waals surface area contributed by atoms with Gasteiger partial charge in [-0.25, -0.2) is 0 Å². The molecular weight excluding hydrogens is 456 g/mol. The zero-order valence-electron chi connectivity index (χ0n) is 20.4. The summed E-state index contributed by atoms with van der Waals surface area (Å²) in [5.74, 6) is 2.53. The van der Waals surface area contributed by atoms with E-state index in [4.69, 9.17) is 14.7 Å². The average Bonchev–Trinajstić information content (AvgIpc) is 2.90. The van der Waals surface area contributed by atoms with E-state index in [1.807, 2.05) is 18.2 Å². The molecule has 0 aliphatic carbocycles. The molecule has 0 radical (unpaired) electrons. The molecular formula is C28H32N4O4. The molecule has 2 aromatic rings. The molecule has 2 atom stereocenters.